The highest BCUT2D eigenvalue weighted by atomic mass is 79.9. The van der Waals surface area contributed by atoms with Gasteiger partial charge >= 0.3 is 0 Å². The molecule has 3 N–H and O–H groups in total. The first-order chi connectivity index (χ1) is 9.23. The summed E-state index contributed by atoms with van der Waals surface area (Å²) in [5.41, 5.74) is 6.30. The Balaban J connectivity index is 0.00000400. The highest BCUT2D eigenvalue weighted by Crippen LogP contribution is 2.25. The van der Waals surface area contributed by atoms with Crippen LogP contribution >= 0.6 is 39.9 Å². The van der Waals surface area contributed by atoms with Gasteiger partial charge in [-0.1, -0.05) is 41.4 Å². The van der Waals surface area contributed by atoms with Gasteiger partial charge in [-0.15, -0.1) is 12.4 Å². The summed E-state index contributed by atoms with van der Waals surface area (Å²) in [6.07, 6.45) is 0. The molecule has 0 aromatic heterocycles. The number of carbonyl (C=O) groups excluding carboxylic acids is 1. The second-order valence-electron chi connectivity index (χ2n) is 5.71. The van der Waals surface area contributed by atoms with Crippen molar-refractivity contribution in [1.29, 1.82) is 0 Å². The highest BCUT2D eigenvalue weighted by molar-refractivity contribution is 9.10. The van der Waals surface area contributed by atoms with Gasteiger partial charge < -0.3 is 11.1 Å². The maximum absolute atomic E-state index is 12.0. The quantitative estimate of drug-likeness (QED) is 0.772. The van der Waals surface area contributed by atoms with Crippen LogP contribution in [0.15, 0.2) is 22.7 Å². The van der Waals surface area contributed by atoms with Gasteiger partial charge in [0.1, 0.15) is 0 Å². The molecule has 0 atom stereocenters. The average molecular weight is 399 g/mol. The molecule has 0 bridgehead atoms. The van der Waals surface area contributed by atoms with E-state index >= 15 is 0 Å². The molecule has 0 aliphatic rings. The maximum atomic E-state index is 12.0. The van der Waals surface area contributed by atoms with Gasteiger partial charge in [-0.3, -0.25) is 9.69 Å². The predicted molar refractivity (Wildman–Crippen MR) is 95.4 cm³/mol. The van der Waals surface area contributed by atoms with Crippen molar-refractivity contribution in [3.8, 4) is 0 Å². The number of amides is 1. The molecule has 0 fully saturated rings. The molecule has 1 aromatic carbocycles. The summed E-state index contributed by atoms with van der Waals surface area (Å²) in [6.45, 7) is 5.79. The van der Waals surface area contributed by atoms with E-state index in [-0.39, 0.29) is 23.7 Å². The Morgan fingerprint density at radius 1 is 1.48 bits per heavy atom. The summed E-state index contributed by atoms with van der Waals surface area (Å²) in [4.78, 5) is 13.9. The average Bonchev–Trinajstić information content (AvgIpc) is 2.32. The summed E-state index contributed by atoms with van der Waals surface area (Å²) in [7, 11) is 1.90. The third-order valence-corrected chi connectivity index (χ3v) is 3.68. The number of nitrogens with two attached hydrogens (primary N) is 1. The Hall–Kier alpha value is -0.330. The summed E-state index contributed by atoms with van der Waals surface area (Å²) in [5.74, 6) is -0.0930. The summed E-state index contributed by atoms with van der Waals surface area (Å²) < 4.78 is 0.877. The molecule has 0 heterocycles. The monoisotopic (exact) mass is 397 g/mol. The normalized spacial score (nSPS) is 11.2. The van der Waals surface area contributed by atoms with E-state index in [1.54, 1.807) is 12.1 Å². The molecule has 0 spiro atoms. The third-order valence-electron chi connectivity index (χ3n) is 2.87. The minimum Gasteiger partial charge on any atom is -0.330 e. The zero-order chi connectivity index (χ0) is 15.3. The number of nitrogens with zero attached hydrogens (tertiary/aromatic N) is 1. The largest absolute Gasteiger partial charge is 0.330 e. The molecule has 21 heavy (non-hydrogen) atoms. The molecule has 0 radical (unpaired) electrons. The van der Waals surface area contributed by atoms with Crippen molar-refractivity contribution < 1.29 is 4.79 Å². The van der Waals surface area contributed by atoms with Crippen LogP contribution < -0.4 is 11.1 Å². The van der Waals surface area contributed by atoms with Gasteiger partial charge in [0.05, 0.1) is 17.3 Å². The van der Waals surface area contributed by atoms with Crippen molar-refractivity contribution in [2.45, 2.75) is 13.8 Å². The number of hydrogen-bond donors (Lipinski definition) is 2. The van der Waals surface area contributed by atoms with Crippen LogP contribution in [0.1, 0.15) is 13.8 Å². The fourth-order valence-corrected chi connectivity index (χ4v) is 2.60. The number of rotatable bonds is 6. The van der Waals surface area contributed by atoms with E-state index < -0.39 is 0 Å². The van der Waals surface area contributed by atoms with Crippen molar-refractivity contribution in [2.75, 3.05) is 32.0 Å². The lowest BCUT2D eigenvalue weighted by molar-refractivity contribution is -0.117. The lowest BCUT2D eigenvalue weighted by atomic mass is 9.93. The van der Waals surface area contributed by atoms with E-state index in [1.165, 1.54) is 0 Å². The Morgan fingerprint density at radius 2 is 2.10 bits per heavy atom. The van der Waals surface area contributed by atoms with Gasteiger partial charge in [0.15, 0.2) is 0 Å². The molecular weight excluding hydrogens is 377 g/mol. The molecule has 1 aromatic rings. The van der Waals surface area contributed by atoms with E-state index in [4.69, 9.17) is 17.3 Å². The molecule has 120 valence electrons. The second-order valence-corrected chi connectivity index (χ2v) is 7.04. The van der Waals surface area contributed by atoms with E-state index in [9.17, 15) is 4.79 Å². The molecule has 0 unspecified atom stereocenters. The number of anilines is 1. The molecule has 0 saturated carbocycles. The van der Waals surface area contributed by atoms with Gasteiger partial charge in [-0.25, -0.2) is 0 Å². The van der Waals surface area contributed by atoms with Crippen LogP contribution in [0.25, 0.3) is 0 Å². The van der Waals surface area contributed by atoms with Crippen LogP contribution in [0.5, 0.6) is 0 Å². The minimum atomic E-state index is -0.0930. The van der Waals surface area contributed by atoms with Gasteiger partial charge in [0, 0.05) is 11.0 Å². The minimum absolute atomic E-state index is 0. The highest BCUT2D eigenvalue weighted by Gasteiger charge is 2.19. The zero-order valence-corrected chi connectivity index (χ0v) is 15.6. The number of halogens is 3. The smallest absolute Gasteiger partial charge is 0.238 e. The van der Waals surface area contributed by atoms with E-state index in [0.29, 0.717) is 23.8 Å². The number of hydrogen-bond acceptors (Lipinski definition) is 3. The molecular formula is C14H22BrCl2N3O. The van der Waals surface area contributed by atoms with Gasteiger partial charge in [0.25, 0.3) is 0 Å². The molecule has 1 rings (SSSR count). The van der Waals surface area contributed by atoms with Crippen LogP contribution in [-0.2, 0) is 4.79 Å². The van der Waals surface area contributed by atoms with Crippen molar-refractivity contribution in [3.63, 3.8) is 0 Å². The standard InChI is InChI=1S/C14H21BrClN3O.ClH/c1-14(2,8-17)9-19(3)7-13(20)18-12-5-4-10(15)6-11(12)16;/h4-6H,7-9,17H2,1-3H3,(H,18,20);1H. The predicted octanol–water partition coefficient (Wildman–Crippen LogP) is 3.38. The lowest BCUT2D eigenvalue weighted by Gasteiger charge is -2.28. The van der Waals surface area contributed by atoms with Gasteiger partial charge in [0.2, 0.25) is 5.91 Å². The summed E-state index contributed by atoms with van der Waals surface area (Å²) in [5, 5.41) is 3.32. The molecule has 0 saturated heterocycles. The first-order valence-corrected chi connectivity index (χ1v) is 7.54. The maximum Gasteiger partial charge on any atom is 0.238 e. The Kier molecular flexibility index (Phi) is 8.81. The molecule has 0 aliphatic carbocycles. The van der Waals surface area contributed by atoms with Crippen LogP contribution in [-0.4, -0.2) is 37.5 Å². The van der Waals surface area contributed by atoms with E-state index in [0.717, 1.165) is 11.0 Å². The van der Waals surface area contributed by atoms with Crippen molar-refractivity contribution in [2.24, 2.45) is 11.1 Å². The fraction of sp³-hybridized carbons (Fsp3) is 0.500. The lowest BCUT2D eigenvalue weighted by Crippen LogP contribution is -2.40. The van der Waals surface area contributed by atoms with E-state index in [2.05, 4.69) is 35.1 Å². The Morgan fingerprint density at radius 3 is 2.62 bits per heavy atom. The number of nitrogens with one attached hydrogen (secondary N) is 1. The Labute approximate surface area is 145 Å². The van der Waals surface area contributed by atoms with Gasteiger partial charge in [-0.05, 0) is 37.2 Å². The second kappa shape index (κ2) is 8.96. The SMILES string of the molecule is CN(CC(=O)Nc1ccc(Br)cc1Cl)CC(C)(C)CN.Cl. The van der Waals surface area contributed by atoms with Crippen molar-refractivity contribution in [3.05, 3.63) is 27.7 Å². The molecule has 4 nitrogen and oxygen atoms in total. The fourth-order valence-electron chi connectivity index (χ4n) is 1.88. The number of carbonyl (C=O) groups is 1. The Bertz CT molecular complexity index is 483. The summed E-state index contributed by atoms with van der Waals surface area (Å²) in [6, 6.07) is 5.36. The van der Waals surface area contributed by atoms with Crippen molar-refractivity contribution >= 4 is 51.5 Å². The zero-order valence-electron chi connectivity index (χ0n) is 12.5. The van der Waals surface area contributed by atoms with Gasteiger partial charge in [-0.2, -0.15) is 0 Å². The molecule has 7 heteroatoms. The topological polar surface area (TPSA) is 58.4 Å². The molecule has 0 aliphatic heterocycles. The first-order valence-electron chi connectivity index (χ1n) is 6.37. The van der Waals surface area contributed by atoms with Crippen LogP contribution in [0.3, 0.4) is 0 Å². The van der Waals surface area contributed by atoms with Crippen LogP contribution in [0.2, 0.25) is 5.02 Å². The van der Waals surface area contributed by atoms with E-state index in [1.807, 2.05) is 18.0 Å². The third kappa shape index (κ3) is 7.47. The number of likely N-dealkylation sites (N-methyl/N-ethyl adjacent to an activating group) is 1. The van der Waals surface area contributed by atoms with Crippen LogP contribution in [0, 0.1) is 5.41 Å². The van der Waals surface area contributed by atoms with Crippen LogP contribution in [0.4, 0.5) is 5.69 Å². The first kappa shape index (κ1) is 20.7. The van der Waals surface area contributed by atoms with Crippen molar-refractivity contribution in [1.82, 2.24) is 4.90 Å². The molecule has 1 amide bonds. The number of benzene rings is 1. The summed E-state index contributed by atoms with van der Waals surface area (Å²) >= 11 is 9.39.